The minimum atomic E-state index is -3.70. The average Bonchev–Trinajstić information content (AvgIpc) is 2.84. The molecule has 0 aliphatic carbocycles. The maximum Gasteiger partial charge on any atom is 0.261 e. The van der Waals surface area contributed by atoms with E-state index in [4.69, 9.17) is 0 Å². The normalized spacial score (nSPS) is 16.8. The molecule has 0 radical (unpaired) electrons. The molecule has 7 heteroatoms. The van der Waals surface area contributed by atoms with Gasteiger partial charge < -0.3 is 5.32 Å². The predicted octanol–water partition coefficient (Wildman–Crippen LogP) is 4.13. The van der Waals surface area contributed by atoms with E-state index in [1.807, 2.05) is 12.1 Å². The van der Waals surface area contributed by atoms with Crippen LogP contribution in [0.3, 0.4) is 0 Å². The van der Waals surface area contributed by atoms with Gasteiger partial charge in [-0.2, -0.15) is 0 Å². The Bertz CT molecular complexity index is 1150. The van der Waals surface area contributed by atoms with Crippen LogP contribution in [0.15, 0.2) is 89.8 Å². The number of nitrogens with zero attached hydrogens (tertiary/aromatic N) is 1. The van der Waals surface area contributed by atoms with Crippen molar-refractivity contribution in [3.05, 3.63) is 96.1 Å². The molecule has 1 amide bonds. The summed E-state index contributed by atoms with van der Waals surface area (Å²) in [4.78, 5) is 15.2. The number of carbonyl (C=O) groups is 1. The standard InChI is InChI=1S/C26H29N3O3S/c30-26(27-18-22-10-7-17-29(20-22)19-21-8-3-1-4-9-21)23-13-15-25(16-14-23)33(31,32)28-24-11-5-2-6-12-24/h1-6,8-9,11-16,22,28H,7,10,17-20H2,(H,27,30). The summed E-state index contributed by atoms with van der Waals surface area (Å²) in [5, 5.41) is 3.02. The average molecular weight is 464 g/mol. The molecule has 1 aliphatic heterocycles. The Hall–Kier alpha value is -3.16. The zero-order valence-electron chi connectivity index (χ0n) is 18.5. The second kappa shape index (κ2) is 10.6. The van der Waals surface area contributed by atoms with Gasteiger partial charge in [-0.25, -0.2) is 8.42 Å². The molecule has 1 fully saturated rings. The van der Waals surface area contributed by atoms with E-state index in [-0.39, 0.29) is 10.8 Å². The number of hydrogen-bond donors (Lipinski definition) is 2. The van der Waals surface area contributed by atoms with E-state index in [1.54, 1.807) is 36.4 Å². The number of carbonyl (C=O) groups excluding carboxylic acids is 1. The number of rotatable bonds is 8. The molecule has 2 N–H and O–H groups in total. The Morgan fingerprint density at radius 2 is 1.58 bits per heavy atom. The number of para-hydroxylation sites is 1. The molecular weight excluding hydrogens is 434 g/mol. The van der Waals surface area contributed by atoms with Crippen molar-refractivity contribution < 1.29 is 13.2 Å². The summed E-state index contributed by atoms with van der Waals surface area (Å²) in [5.74, 6) is 0.219. The van der Waals surface area contributed by atoms with Crippen molar-refractivity contribution in [2.45, 2.75) is 24.3 Å². The van der Waals surface area contributed by atoms with Crippen LogP contribution in [0.4, 0.5) is 5.69 Å². The van der Waals surface area contributed by atoms with Crippen molar-refractivity contribution in [1.29, 1.82) is 0 Å². The van der Waals surface area contributed by atoms with Crippen LogP contribution in [-0.2, 0) is 16.6 Å². The third kappa shape index (κ3) is 6.43. The molecule has 1 saturated heterocycles. The zero-order chi connectivity index (χ0) is 23.1. The third-order valence-corrected chi connectivity index (χ3v) is 7.25. The van der Waals surface area contributed by atoms with Crippen LogP contribution >= 0.6 is 0 Å². The molecule has 3 aromatic rings. The van der Waals surface area contributed by atoms with Crippen LogP contribution < -0.4 is 10.0 Å². The quantitative estimate of drug-likeness (QED) is 0.527. The lowest BCUT2D eigenvalue weighted by atomic mass is 9.97. The van der Waals surface area contributed by atoms with Gasteiger partial charge in [0.25, 0.3) is 15.9 Å². The fraction of sp³-hybridized carbons (Fsp3) is 0.269. The summed E-state index contributed by atoms with van der Waals surface area (Å²) >= 11 is 0. The first kappa shape index (κ1) is 23.0. The third-order valence-electron chi connectivity index (χ3n) is 5.86. The van der Waals surface area contributed by atoms with E-state index in [0.29, 0.717) is 23.7 Å². The highest BCUT2D eigenvalue weighted by Gasteiger charge is 2.21. The maximum absolute atomic E-state index is 12.6. The number of piperidine rings is 1. The summed E-state index contributed by atoms with van der Waals surface area (Å²) in [5.41, 5.74) is 2.25. The van der Waals surface area contributed by atoms with Gasteiger partial charge in [-0.3, -0.25) is 14.4 Å². The Balaban J connectivity index is 1.29. The first-order valence-electron chi connectivity index (χ1n) is 11.2. The highest BCUT2D eigenvalue weighted by molar-refractivity contribution is 7.92. The Labute approximate surface area is 195 Å². The lowest BCUT2D eigenvalue weighted by Gasteiger charge is -2.32. The van der Waals surface area contributed by atoms with E-state index in [9.17, 15) is 13.2 Å². The fourth-order valence-corrected chi connectivity index (χ4v) is 5.21. The molecular formula is C26H29N3O3S. The summed E-state index contributed by atoms with van der Waals surface area (Å²) in [7, 11) is -3.70. The smallest absolute Gasteiger partial charge is 0.261 e. The van der Waals surface area contributed by atoms with E-state index in [0.717, 1.165) is 32.5 Å². The van der Waals surface area contributed by atoms with Crippen LogP contribution in [0.2, 0.25) is 0 Å². The van der Waals surface area contributed by atoms with Crippen molar-refractivity contribution in [1.82, 2.24) is 10.2 Å². The number of amides is 1. The summed E-state index contributed by atoms with van der Waals surface area (Å²) in [6, 6.07) is 25.2. The van der Waals surface area contributed by atoms with Gasteiger partial charge in [0.15, 0.2) is 0 Å². The molecule has 6 nitrogen and oxygen atoms in total. The molecule has 1 atom stereocenters. The molecule has 1 aliphatic rings. The monoisotopic (exact) mass is 463 g/mol. The lowest BCUT2D eigenvalue weighted by molar-refractivity contribution is 0.0930. The molecule has 4 rings (SSSR count). The highest BCUT2D eigenvalue weighted by atomic mass is 32.2. The summed E-state index contributed by atoms with van der Waals surface area (Å²) in [6.07, 6.45) is 2.21. The molecule has 1 heterocycles. The van der Waals surface area contributed by atoms with E-state index >= 15 is 0 Å². The number of hydrogen-bond acceptors (Lipinski definition) is 4. The van der Waals surface area contributed by atoms with Crippen LogP contribution in [0.1, 0.15) is 28.8 Å². The fourth-order valence-electron chi connectivity index (χ4n) is 4.15. The van der Waals surface area contributed by atoms with Crippen molar-refractivity contribution in [3.63, 3.8) is 0 Å². The van der Waals surface area contributed by atoms with Crippen molar-refractivity contribution in [2.24, 2.45) is 5.92 Å². The number of sulfonamides is 1. The van der Waals surface area contributed by atoms with Gasteiger partial charge in [-0.15, -0.1) is 0 Å². The van der Waals surface area contributed by atoms with E-state index < -0.39 is 10.0 Å². The van der Waals surface area contributed by atoms with Gasteiger partial charge in [0, 0.05) is 30.9 Å². The molecule has 1 unspecified atom stereocenters. The molecule has 172 valence electrons. The molecule has 0 aromatic heterocycles. The van der Waals surface area contributed by atoms with Gasteiger partial charge in [0.2, 0.25) is 0 Å². The second-order valence-electron chi connectivity index (χ2n) is 8.43. The summed E-state index contributed by atoms with van der Waals surface area (Å²) in [6.45, 7) is 3.57. The van der Waals surface area contributed by atoms with E-state index in [1.165, 1.54) is 17.7 Å². The van der Waals surface area contributed by atoms with Gasteiger partial charge >= 0.3 is 0 Å². The van der Waals surface area contributed by atoms with Gasteiger partial charge in [-0.05, 0) is 67.3 Å². The van der Waals surface area contributed by atoms with Crippen molar-refractivity contribution in [3.8, 4) is 0 Å². The zero-order valence-corrected chi connectivity index (χ0v) is 19.3. The molecule has 3 aromatic carbocycles. The van der Waals surface area contributed by atoms with Gasteiger partial charge in [0.05, 0.1) is 4.90 Å². The minimum Gasteiger partial charge on any atom is -0.352 e. The SMILES string of the molecule is O=C(NCC1CCCN(Cc2ccccc2)C1)c1ccc(S(=O)(=O)Nc2ccccc2)cc1. The van der Waals surface area contributed by atoms with Crippen LogP contribution in [-0.4, -0.2) is 38.9 Å². The second-order valence-corrected chi connectivity index (χ2v) is 10.1. The molecule has 33 heavy (non-hydrogen) atoms. The van der Waals surface area contributed by atoms with Crippen LogP contribution in [0.25, 0.3) is 0 Å². The molecule has 0 bridgehead atoms. The first-order chi connectivity index (χ1) is 16.0. The van der Waals surface area contributed by atoms with Gasteiger partial charge in [0.1, 0.15) is 0 Å². The highest BCUT2D eigenvalue weighted by Crippen LogP contribution is 2.19. The molecule has 0 spiro atoms. The minimum absolute atomic E-state index is 0.117. The largest absolute Gasteiger partial charge is 0.352 e. The summed E-state index contributed by atoms with van der Waals surface area (Å²) < 4.78 is 27.7. The number of nitrogens with one attached hydrogen (secondary N) is 2. The molecule has 0 saturated carbocycles. The first-order valence-corrected chi connectivity index (χ1v) is 12.7. The number of benzene rings is 3. The topological polar surface area (TPSA) is 78.5 Å². The lowest BCUT2D eigenvalue weighted by Crippen LogP contribution is -2.40. The van der Waals surface area contributed by atoms with E-state index in [2.05, 4.69) is 39.2 Å². The Morgan fingerprint density at radius 1 is 0.909 bits per heavy atom. The van der Waals surface area contributed by atoms with Crippen molar-refractivity contribution in [2.75, 3.05) is 24.4 Å². The number of anilines is 1. The Kier molecular flexibility index (Phi) is 7.42. The Morgan fingerprint density at radius 3 is 2.27 bits per heavy atom. The van der Waals surface area contributed by atoms with Gasteiger partial charge in [-0.1, -0.05) is 48.5 Å². The van der Waals surface area contributed by atoms with Crippen LogP contribution in [0.5, 0.6) is 0 Å². The van der Waals surface area contributed by atoms with Crippen molar-refractivity contribution >= 4 is 21.6 Å². The number of likely N-dealkylation sites (tertiary alicyclic amines) is 1. The maximum atomic E-state index is 12.6. The van der Waals surface area contributed by atoms with Crippen LogP contribution in [0, 0.1) is 5.92 Å². The predicted molar refractivity (Wildman–Crippen MR) is 130 cm³/mol.